The van der Waals surface area contributed by atoms with Crippen molar-refractivity contribution in [1.82, 2.24) is 4.90 Å². The van der Waals surface area contributed by atoms with Crippen molar-refractivity contribution in [2.45, 2.75) is 21.3 Å². The summed E-state index contributed by atoms with van der Waals surface area (Å²) in [4.78, 5) is 13.9. The third-order valence-electron chi connectivity index (χ3n) is 2.75. The number of carbonyl (C=O) groups is 1. The molecule has 0 atom stereocenters. The van der Waals surface area contributed by atoms with Crippen molar-refractivity contribution in [1.29, 1.82) is 0 Å². The lowest BCUT2D eigenvalue weighted by Gasteiger charge is -2.17. The van der Waals surface area contributed by atoms with Gasteiger partial charge in [-0.3, -0.25) is 0 Å². The van der Waals surface area contributed by atoms with E-state index >= 15 is 0 Å². The number of anilines is 1. The Balaban J connectivity index is 0.00000324. The summed E-state index contributed by atoms with van der Waals surface area (Å²) in [7, 11) is 0. The fourth-order valence-electron chi connectivity index (χ4n) is 1.58. The van der Waals surface area contributed by atoms with Crippen LogP contribution in [0.2, 0.25) is 5.02 Å². The van der Waals surface area contributed by atoms with E-state index in [9.17, 15) is 4.79 Å². The molecule has 19 heavy (non-hydrogen) atoms. The van der Waals surface area contributed by atoms with Crippen LogP contribution in [0.3, 0.4) is 0 Å². The van der Waals surface area contributed by atoms with E-state index in [0.29, 0.717) is 22.9 Å². The normalized spacial score (nSPS) is 10.1. The van der Waals surface area contributed by atoms with Crippen LogP contribution >= 0.6 is 11.6 Å². The minimum Gasteiger partial charge on any atom is -0.461 e. The fourth-order valence-corrected chi connectivity index (χ4v) is 1.85. The predicted molar refractivity (Wildman–Crippen MR) is 80.7 cm³/mol. The number of rotatable bonds is 6. The molecule has 0 radical (unpaired) electrons. The van der Waals surface area contributed by atoms with Gasteiger partial charge in [-0.05, 0) is 31.3 Å². The first kappa shape index (κ1) is 17.7. The number of likely N-dealkylation sites (N-methyl/N-ethyl adjacent to an activating group) is 1. The summed E-state index contributed by atoms with van der Waals surface area (Å²) in [5, 5.41) is 0.322. The van der Waals surface area contributed by atoms with E-state index in [0.717, 1.165) is 19.6 Å². The Morgan fingerprint density at radius 2 is 2.00 bits per heavy atom. The monoisotopic (exact) mass is 286 g/mol. The van der Waals surface area contributed by atoms with Gasteiger partial charge in [0.1, 0.15) is 6.61 Å². The van der Waals surface area contributed by atoms with Crippen molar-refractivity contribution in [3.05, 3.63) is 28.8 Å². The molecule has 0 spiro atoms. The van der Waals surface area contributed by atoms with Gasteiger partial charge in [-0.25, -0.2) is 4.79 Å². The van der Waals surface area contributed by atoms with Crippen LogP contribution in [-0.2, 0) is 4.74 Å². The standard InChI is InChI=1S/C13H19ClN2O2.CH4/c1-3-16(4-2)7-8-18-13(17)11-6-5-10(15)9-12(11)14;/h5-6,9H,3-4,7-8,15H2,1-2H3;1H4. The maximum atomic E-state index is 11.8. The summed E-state index contributed by atoms with van der Waals surface area (Å²) >= 11 is 5.93. The van der Waals surface area contributed by atoms with E-state index < -0.39 is 5.97 Å². The van der Waals surface area contributed by atoms with Gasteiger partial charge in [0.15, 0.2) is 0 Å². The first-order chi connectivity index (χ1) is 8.58. The molecule has 0 aliphatic heterocycles. The highest BCUT2D eigenvalue weighted by molar-refractivity contribution is 6.33. The smallest absolute Gasteiger partial charge is 0.339 e. The molecule has 1 aromatic rings. The topological polar surface area (TPSA) is 55.6 Å². The SMILES string of the molecule is C.CCN(CC)CCOC(=O)c1ccc(N)cc1Cl. The van der Waals surface area contributed by atoms with Gasteiger partial charge >= 0.3 is 5.97 Å². The number of nitrogens with two attached hydrogens (primary N) is 1. The lowest BCUT2D eigenvalue weighted by molar-refractivity contribution is 0.0466. The van der Waals surface area contributed by atoms with Crippen LogP contribution in [0.25, 0.3) is 0 Å². The minimum absolute atomic E-state index is 0. The molecule has 108 valence electrons. The molecule has 4 nitrogen and oxygen atoms in total. The second-order valence-electron chi connectivity index (χ2n) is 3.90. The predicted octanol–water partition coefficient (Wildman–Crippen LogP) is 3.06. The Morgan fingerprint density at radius 1 is 1.37 bits per heavy atom. The van der Waals surface area contributed by atoms with Crippen LogP contribution in [0.15, 0.2) is 18.2 Å². The lowest BCUT2D eigenvalue weighted by Crippen LogP contribution is -2.27. The first-order valence-corrected chi connectivity index (χ1v) is 6.40. The molecule has 0 saturated heterocycles. The van der Waals surface area contributed by atoms with Gasteiger partial charge in [0, 0.05) is 12.2 Å². The zero-order valence-corrected chi connectivity index (χ0v) is 11.5. The third kappa shape index (κ3) is 5.49. The van der Waals surface area contributed by atoms with Crippen molar-refractivity contribution in [3.63, 3.8) is 0 Å². The summed E-state index contributed by atoms with van der Waals surface area (Å²) in [6, 6.07) is 4.76. The fraction of sp³-hybridized carbons (Fsp3) is 0.500. The quantitative estimate of drug-likeness (QED) is 0.645. The van der Waals surface area contributed by atoms with Gasteiger partial charge in [-0.1, -0.05) is 32.9 Å². The van der Waals surface area contributed by atoms with Crippen LogP contribution in [0.5, 0.6) is 0 Å². The van der Waals surface area contributed by atoms with Gasteiger partial charge in [-0.2, -0.15) is 0 Å². The number of nitrogens with zero attached hydrogens (tertiary/aromatic N) is 1. The molecule has 5 heteroatoms. The molecule has 2 N–H and O–H groups in total. The summed E-state index contributed by atoms with van der Waals surface area (Å²) < 4.78 is 5.18. The van der Waals surface area contributed by atoms with Crippen LogP contribution in [0.1, 0.15) is 31.6 Å². The van der Waals surface area contributed by atoms with E-state index in [2.05, 4.69) is 18.7 Å². The van der Waals surface area contributed by atoms with Crippen molar-refractivity contribution >= 4 is 23.3 Å². The number of esters is 1. The Kier molecular flexibility index (Phi) is 8.19. The summed E-state index contributed by atoms with van der Waals surface area (Å²) in [5.74, 6) is -0.410. The van der Waals surface area contributed by atoms with E-state index in [4.69, 9.17) is 22.1 Å². The van der Waals surface area contributed by atoms with Crippen molar-refractivity contribution in [2.75, 3.05) is 32.0 Å². The highest BCUT2D eigenvalue weighted by Gasteiger charge is 2.12. The van der Waals surface area contributed by atoms with E-state index in [1.165, 1.54) is 0 Å². The molecular weight excluding hydrogens is 264 g/mol. The minimum atomic E-state index is -0.410. The molecule has 1 aromatic carbocycles. The Bertz CT molecular complexity index is 406. The Labute approximate surface area is 120 Å². The number of nitrogen functional groups attached to an aromatic ring is 1. The number of halogens is 1. The lowest BCUT2D eigenvalue weighted by atomic mass is 10.2. The number of hydrogen-bond acceptors (Lipinski definition) is 4. The third-order valence-corrected chi connectivity index (χ3v) is 3.06. The molecule has 0 amide bonds. The van der Waals surface area contributed by atoms with Crippen LogP contribution < -0.4 is 5.73 Å². The van der Waals surface area contributed by atoms with Crippen molar-refractivity contribution < 1.29 is 9.53 Å². The second-order valence-corrected chi connectivity index (χ2v) is 4.31. The molecule has 0 aliphatic carbocycles. The summed E-state index contributed by atoms with van der Waals surface area (Å²) in [6.45, 7) is 7.12. The molecule has 0 bridgehead atoms. The second kappa shape index (κ2) is 8.77. The summed E-state index contributed by atoms with van der Waals surface area (Å²) in [6.07, 6.45) is 0. The molecule has 0 unspecified atom stereocenters. The molecule has 0 saturated carbocycles. The van der Waals surface area contributed by atoms with Gasteiger partial charge in [0.2, 0.25) is 0 Å². The maximum absolute atomic E-state index is 11.8. The van der Waals surface area contributed by atoms with E-state index in [1.54, 1.807) is 18.2 Å². The number of hydrogen-bond donors (Lipinski definition) is 1. The highest BCUT2D eigenvalue weighted by atomic mass is 35.5. The van der Waals surface area contributed by atoms with Crippen LogP contribution in [-0.4, -0.2) is 37.1 Å². The first-order valence-electron chi connectivity index (χ1n) is 6.03. The molecule has 0 aromatic heterocycles. The van der Waals surface area contributed by atoms with Crippen LogP contribution in [0, 0.1) is 0 Å². The van der Waals surface area contributed by atoms with E-state index in [1.807, 2.05) is 0 Å². The molecular formula is C14H23ClN2O2. The largest absolute Gasteiger partial charge is 0.461 e. The van der Waals surface area contributed by atoms with Gasteiger partial charge in [0.05, 0.1) is 10.6 Å². The van der Waals surface area contributed by atoms with E-state index in [-0.39, 0.29) is 7.43 Å². The number of ether oxygens (including phenoxy) is 1. The molecule has 0 fully saturated rings. The Hall–Kier alpha value is -1.26. The summed E-state index contributed by atoms with van der Waals surface area (Å²) in [5.41, 5.74) is 6.44. The van der Waals surface area contributed by atoms with Gasteiger partial charge in [-0.15, -0.1) is 0 Å². The Morgan fingerprint density at radius 3 is 2.53 bits per heavy atom. The van der Waals surface area contributed by atoms with Crippen LogP contribution in [0.4, 0.5) is 5.69 Å². The average molecular weight is 287 g/mol. The molecule has 1 rings (SSSR count). The zero-order valence-electron chi connectivity index (χ0n) is 10.8. The maximum Gasteiger partial charge on any atom is 0.339 e. The molecule has 0 heterocycles. The molecule has 0 aliphatic rings. The van der Waals surface area contributed by atoms with Crippen molar-refractivity contribution in [3.8, 4) is 0 Å². The zero-order chi connectivity index (χ0) is 13.5. The van der Waals surface area contributed by atoms with Crippen molar-refractivity contribution in [2.24, 2.45) is 0 Å². The van der Waals surface area contributed by atoms with Gasteiger partial charge < -0.3 is 15.4 Å². The number of carbonyl (C=O) groups excluding carboxylic acids is 1. The highest BCUT2D eigenvalue weighted by Crippen LogP contribution is 2.19. The van der Waals surface area contributed by atoms with Gasteiger partial charge in [0.25, 0.3) is 0 Å². The number of benzene rings is 1. The average Bonchev–Trinajstić information content (AvgIpc) is 2.34.